The molecule has 2 nitrogen and oxygen atoms in total. The smallest absolute Gasteiger partial charge is 0.210 e. The molecule has 0 aliphatic heterocycles. The molecule has 0 heterocycles. The Morgan fingerprint density at radius 3 is 2.50 bits per heavy atom. The lowest BCUT2D eigenvalue weighted by Gasteiger charge is -2.02. The highest BCUT2D eigenvalue weighted by molar-refractivity contribution is 8.13. The minimum Gasteiger partial charge on any atom is -0.321 e. The Balaban J connectivity index is 2.59. The molecule has 0 unspecified atom stereocenters. The lowest BCUT2D eigenvalue weighted by atomic mass is 10.4. The number of thioether (sulfide) groups is 1. The zero-order valence-electron chi connectivity index (χ0n) is 6.86. The molecule has 12 heavy (non-hydrogen) atoms. The minimum atomic E-state index is -0.393. The zero-order valence-corrected chi connectivity index (χ0v) is 7.67. The third-order valence-corrected chi connectivity index (χ3v) is 2.41. The van der Waals surface area contributed by atoms with Crippen LogP contribution in [0.15, 0.2) is 35.2 Å². The molecule has 0 fully saturated rings. The third-order valence-electron chi connectivity index (χ3n) is 1.33. The lowest BCUT2D eigenvalue weighted by molar-refractivity contribution is -0.111. The van der Waals surface area contributed by atoms with Crippen LogP contribution in [0.2, 0.25) is 0 Å². The van der Waals surface area contributed by atoms with E-state index in [0.717, 1.165) is 4.90 Å². The van der Waals surface area contributed by atoms with Crippen LogP contribution >= 0.6 is 11.8 Å². The van der Waals surface area contributed by atoms with Crippen molar-refractivity contribution in [3.05, 3.63) is 30.3 Å². The second kappa shape index (κ2) is 4.28. The normalized spacial score (nSPS) is 12.5. The standard InChI is InChI=1S/C9H11NOS/c1-7(10)9(11)12-8-5-3-2-4-6-8/h2-7H,10H2,1H3/t7-/m0/s1. The van der Waals surface area contributed by atoms with Gasteiger partial charge in [0, 0.05) is 4.90 Å². The van der Waals surface area contributed by atoms with Crippen LogP contribution in [0.25, 0.3) is 0 Å². The number of nitrogens with two attached hydrogens (primary N) is 1. The Morgan fingerprint density at radius 2 is 2.00 bits per heavy atom. The van der Waals surface area contributed by atoms with E-state index in [1.165, 1.54) is 11.8 Å². The lowest BCUT2D eigenvalue weighted by Crippen LogP contribution is -2.23. The van der Waals surface area contributed by atoms with E-state index < -0.39 is 6.04 Å². The molecule has 1 aromatic carbocycles. The number of hydrogen-bond donors (Lipinski definition) is 1. The van der Waals surface area contributed by atoms with Crippen molar-refractivity contribution in [2.75, 3.05) is 0 Å². The molecule has 0 saturated heterocycles. The average Bonchev–Trinajstić information content (AvgIpc) is 2.06. The largest absolute Gasteiger partial charge is 0.321 e. The highest BCUT2D eigenvalue weighted by atomic mass is 32.2. The monoisotopic (exact) mass is 181 g/mol. The number of carbonyl (C=O) groups is 1. The quantitative estimate of drug-likeness (QED) is 0.705. The van der Waals surface area contributed by atoms with Crippen molar-refractivity contribution in [2.24, 2.45) is 5.73 Å². The van der Waals surface area contributed by atoms with Crippen molar-refractivity contribution >= 4 is 16.9 Å². The van der Waals surface area contributed by atoms with Gasteiger partial charge in [0.05, 0.1) is 6.04 Å². The summed E-state index contributed by atoms with van der Waals surface area (Å²) in [5.41, 5.74) is 5.41. The second-order valence-electron chi connectivity index (χ2n) is 2.52. The number of carbonyl (C=O) groups excluding carboxylic acids is 1. The molecule has 0 amide bonds. The second-order valence-corrected chi connectivity index (χ2v) is 3.60. The zero-order chi connectivity index (χ0) is 8.97. The first-order valence-corrected chi connectivity index (χ1v) is 4.54. The van der Waals surface area contributed by atoms with Gasteiger partial charge in [0.1, 0.15) is 0 Å². The van der Waals surface area contributed by atoms with Gasteiger partial charge in [0.15, 0.2) is 0 Å². The molecule has 2 N–H and O–H groups in total. The van der Waals surface area contributed by atoms with Crippen molar-refractivity contribution in [3.8, 4) is 0 Å². The van der Waals surface area contributed by atoms with Crippen molar-refractivity contribution in [1.82, 2.24) is 0 Å². The van der Waals surface area contributed by atoms with E-state index in [-0.39, 0.29) is 5.12 Å². The Kier molecular flexibility index (Phi) is 3.31. The van der Waals surface area contributed by atoms with Crippen LogP contribution in [0.4, 0.5) is 0 Å². The van der Waals surface area contributed by atoms with Crippen LogP contribution in [0.5, 0.6) is 0 Å². The molecule has 0 saturated carbocycles. The summed E-state index contributed by atoms with van der Waals surface area (Å²) in [7, 11) is 0. The maximum atomic E-state index is 11.2. The summed E-state index contributed by atoms with van der Waals surface area (Å²) in [6.07, 6.45) is 0. The molecule has 3 heteroatoms. The summed E-state index contributed by atoms with van der Waals surface area (Å²) in [6.45, 7) is 1.69. The SMILES string of the molecule is C[C@H](N)C(=O)Sc1ccccc1. The van der Waals surface area contributed by atoms with E-state index in [1.807, 2.05) is 30.3 Å². The van der Waals surface area contributed by atoms with Gasteiger partial charge < -0.3 is 5.73 Å². The molecule has 1 aromatic rings. The van der Waals surface area contributed by atoms with E-state index in [0.29, 0.717) is 0 Å². The van der Waals surface area contributed by atoms with Crippen molar-refractivity contribution in [3.63, 3.8) is 0 Å². The van der Waals surface area contributed by atoms with E-state index >= 15 is 0 Å². The number of hydrogen-bond acceptors (Lipinski definition) is 3. The fraction of sp³-hybridized carbons (Fsp3) is 0.222. The van der Waals surface area contributed by atoms with E-state index in [9.17, 15) is 4.79 Å². The highest BCUT2D eigenvalue weighted by Crippen LogP contribution is 2.18. The Morgan fingerprint density at radius 1 is 1.42 bits per heavy atom. The van der Waals surface area contributed by atoms with Gasteiger partial charge in [-0.15, -0.1) is 0 Å². The van der Waals surface area contributed by atoms with Gasteiger partial charge in [-0.3, -0.25) is 4.79 Å². The molecule has 1 rings (SSSR count). The molecular weight excluding hydrogens is 170 g/mol. The Labute approximate surface area is 76.2 Å². The van der Waals surface area contributed by atoms with E-state index in [1.54, 1.807) is 6.92 Å². The summed E-state index contributed by atoms with van der Waals surface area (Å²) < 4.78 is 0. The maximum absolute atomic E-state index is 11.2. The van der Waals surface area contributed by atoms with Crippen LogP contribution in [0.1, 0.15) is 6.92 Å². The molecule has 0 aliphatic carbocycles. The van der Waals surface area contributed by atoms with E-state index in [4.69, 9.17) is 5.73 Å². The summed E-state index contributed by atoms with van der Waals surface area (Å²) >= 11 is 1.19. The van der Waals surface area contributed by atoms with Crippen LogP contribution in [0, 0.1) is 0 Å². The van der Waals surface area contributed by atoms with Gasteiger partial charge in [-0.2, -0.15) is 0 Å². The van der Waals surface area contributed by atoms with Crippen molar-refractivity contribution in [2.45, 2.75) is 17.9 Å². The molecule has 64 valence electrons. The highest BCUT2D eigenvalue weighted by Gasteiger charge is 2.08. The molecule has 0 aliphatic rings. The Hall–Kier alpha value is -0.800. The van der Waals surface area contributed by atoms with Crippen LogP contribution in [-0.2, 0) is 4.79 Å². The summed E-state index contributed by atoms with van der Waals surface area (Å²) in [6, 6.07) is 9.11. The summed E-state index contributed by atoms with van der Waals surface area (Å²) in [5, 5.41) is 0.00111. The van der Waals surface area contributed by atoms with Crippen LogP contribution in [-0.4, -0.2) is 11.2 Å². The molecule has 1 atom stereocenters. The molecule has 0 spiro atoms. The molecular formula is C9H11NOS. The van der Waals surface area contributed by atoms with Gasteiger partial charge in [0.25, 0.3) is 0 Å². The van der Waals surface area contributed by atoms with Gasteiger partial charge in [-0.1, -0.05) is 30.0 Å². The predicted octanol–water partition coefficient (Wildman–Crippen LogP) is 1.65. The third kappa shape index (κ3) is 2.68. The molecule has 0 aromatic heterocycles. The number of benzene rings is 1. The maximum Gasteiger partial charge on any atom is 0.210 e. The first kappa shape index (κ1) is 9.29. The molecule has 0 radical (unpaired) electrons. The van der Waals surface area contributed by atoms with E-state index in [2.05, 4.69) is 0 Å². The van der Waals surface area contributed by atoms with Crippen LogP contribution in [0.3, 0.4) is 0 Å². The number of rotatable bonds is 2. The van der Waals surface area contributed by atoms with Crippen molar-refractivity contribution < 1.29 is 4.79 Å². The fourth-order valence-corrected chi connectivity index (χ4v) is 1.41. The van der Waals surface area contributed by atoms with Gasteiger partial charge >= 0.3 is 0 Å². The Bertz CT molecular complexity index is 258. The first-order valence-electron chi connectivity index (χ1n) is 3.72. The van der Waals surface area contributed by atoms with Crippen molar-refractivity contribution in [1.29, 1.82) is 0 Å². The summed E-state index contributed by atoms with van der Waals surface area (Å²) in [5.74, 6) is 0. The van der Waals surface area contributed by atoms with Gasteiger partial charge in [-0.05, 0) is 19.1 Å². The van der Waals surface area contributed by atoms with Gasteiger partial charge in [-0.25, -0.2) is 0 Å². The van der Waals surface area contributed by atoms with Gasteiger partial charge in [0.2, 0.25) is 5.12 Å². The topological polar surface area (TPSA) is 43.1 Å². The molecule has 0 bridgehead atoms. The average molecular weight is 181 g/mol. The fourth-order valence-electron chi connectivity index (χ4n) is 0.698. The summed E-state index contributed by atoms with van der Waals surface area (Å²) in [4.78, 5) is 12.1. The minimum absolute atomic E-state index is 0.00111. The first-order chi connectivity index (χ1) is 5.70. The van der Waals surface area contributed by atoms with Crippen LogP contribution < -0.4 is 5.73 Å². The predicted molar refractivity (Wildman–Crippen MR) is 51.0 cm³/mol.